The first-order chi connectivity index (χ1) is 9.66. The summed E-state index contributed by atoms with van der Waals surface area (Å²) < 4.78 is 3.69. The SMILES string of the molecule is CN(C(=O)c1nnsc1N)c1ccc2ccccc2c1. The highest BCUT2D eigenvalue weighted by Gasteiger charge is 2.19. The van der Waals surface area contributed by atoms with Gasteiger partial charge < -0.3 is 10.6 Å². The summed E-state index contributed by atoms with van der Waals surface area (Å²) in [5.41, 5.74) is 6.69. The smallest absolute Gasteiger partial charge is 0.281 e. The van der Waals surface area contributed by atoms with Gasteiger partial charge in [0.1, 0.15) is 5.00 Å². The zero-order valence-electron chi connectivity index (χ0n) is 10.8. The summed E-state index contributed by atoms with van der Waals surface area (Å²) in [6.45, 7) is 0. The number of hydrogen-bond donors (Lipinski definition) is 1. The van der Waals surface area contributed by atoms with Crippen LogP contribution in [0.15, 0.2) is 42.5 Å². The van der Waals surface area contributed by atoms with Crippen LogP contribution in [0.2, 0.25) is 0 Å². The Bertz CT molecular complexity index is 783. The minimum Gasteiger partial charge on any atom is -0.387 e. The Kier molecular flexibility index (Phi) is 3.08. The molecule has 20 heavy (non-hydrogen) atoms. The highest BCUT2D eigenvalue weighted by Crippen LogP contribution is 2.23. The van der Waals surface area contributed by atoms with Crippen molar-refractivity contribution in [1.29, 1.82) is 0 Å². The van der Waals surface area contributed by atoms with Crippen molar-refractivity contribution < 1.29 is 4.79 Å². The number of benzene rings is 2. The standard InChI is InChI=1S/C14H12N4OS/c1-18(14(19)12-13(15)20-17-16-12)11-7-6-9-4-2-3-5-10(9)8-11/h2-8H,15H2,1H3. The molecule has 0 spiro atoms. The number of carbonyl (C=O) groups excluding carboxylic acids is 1. The van der Waals surface area contributed by atoms with E-state index in [0.717, 1.165) is 28.0 Å². The van der Waals surface area contributed by atoms with Crippen molar-refractivity contribution in [3.63, 3.8) is 0 Å². The molecule has 0 saturated carbocycles. The van der Waals surface area contributed by atoms with Gasteiger partial charge in [-0.25, -0.2) is 0 Å². The Labute approximate surface area is 119 Å². The van der Waals surface area contributed by atoms with Gasteiger partial charge in [-0.2, -0.15) is 0 Å². The minimum atomic E-state index is -0.258. The van der Waals surface area contributed by atoms with Crippen LogP contribution in [0.5, 0.6) is 0 Å². The zero-order chi connectivity index (χ0) is 14.1. The van der Waals surface area contributed by atoms with Gasteiger partial charge in [0.05, 0.1) is 0 Å². The van der Waals surface area contributed by atoms with E-state index in [1.165, 1.54) is 4.90 Å². The zero-order valence-corrected chi connectivity index (χ0v) is 11.6. The number of anilines is 2. The van der Waals surface area contributed by atoms with E-state index in [0.29, 0.717) is 5.00 Å². The number of rotatable bonds is 2. The van der Waals surface area contributed by atoms with Gasteiger partial charge in [0.25, 0.3) is 5.91 Å². The lowest BCUT2D eigenvalue weighted by Gasteiger charge is -2.16. The fourth-order valence-electron chi connectivity index (χ4n) is 2.01. The van der Waals surface area contributed by atoms with Crippen LogP contribution in [0.25, 0.3) is 10.8 Å². The summed E-state index contributed by atoms with van der Waals surface area (Å²) in [7, 11) is 1.70. The first kappa shape index (κ1) is 12.6. The van der Waals surface area contributed by atoms with Gasteiger partial charge in [-0.1, -0.05) is 34.8 Å². The molecule has 0 fully saturated rings. The molecule has 0 atom stereocenters. The fraction of sp³-hybridized carbons (Fsp3) is 0.0714. The number of fused-ring (bicyclic) bond motifs is 1. The van der Waals surface area contributed by atoms with Gasteiger partial charge in [-0.05, 0) is 22.9 Å². The second kappa shape index (κ2) is 4.90. The van der Waals surface area contributed by atoms with Crippen LogP contribution in [0.1, 0.15) is 10.5 Å². The summed E-state index contributed by atoms with van der Waals surface area (Å²) in [5, 5.41) is 6.32. The molecule has 0 aliphatic carbocycles. The molecule has 0 aliphatic heterocycles. The molecule has 1 amide bonds. The van der Waals surface area contributed by atoms with Gasteiger partial charge in [0, 0.05) is 24.3 Å². The minimum absolute atomic E-state index is 0.200. The van der Waals surface area contributed by atoms with Crippen molar-refractivity contribution in [2.45, 2.75) is 0 Å². The number of nitrogens with zero attached hydrogens (tertiary/aromatic N) is 3. The average molecular weight is 284 g/mol. The lowest BCUT2D eigenvalue weighted by atomic mass is 10.1. The topological polar surface area (TPSA) is 72.1 Å². The van der Waals surface area contributed by atoms with E-state index < -0.39 is 0 Å². The van der Waals surface area contributed by atoms with Crippen LogP contribution in [-0.4, -0.2) is 22.5 Å². The number of aromatic nitrogens is 2. The maximum absolute atomic E-state index is 12.3. The highest BCUT2D eigenvalue weighted by molar-refractivity contribution is 7.10. The van der Waals surface area contributed by atoms with Crippen LogP contribution >= 0.6 is 11.5 Å². The normalized spacial score (nSPS) is 10.7. The van der Waals surface area contributed by atoms with Crippen molar-refractivity contribution in [3.8, 4) is 0 Å². The molecule has 0 aliphatic rings. The number of amides is 1. The van der Waals surface area contributed by atoms with Gasteiger partial charge in [-0.3, -0.25) is 4.79 Å². The van der Waals surface area contributed by atoms with Crippen LogP contribution < -0.4 is 10.6 Å². The molecule has 2 N–H and O–H groups in total. The summed E-state index contributed by atoms with van der Waals surface area (Å²) in [4.78, 5) is 13.8. The Morgan fingerprint density at radius 2 is 1.95 bits per heavy atom. The third-order valence-corrected chi connectivity index (χ3v) is 3.69. The molecule has 1 heterocycles. The van der Waals surface area contributed by atoms with Gasteiger partial charge in [-0.15, -0.1) is 5.10 Å². The second-order valence-corrected chi connectivity index (χ2v) is 5.17. The van der Waals surface area contributed by atoms with Crippen LogP contribution in [0.3, 0.4) is 0 Å². The first-order valence-corrected chi connectivity index (χ1v) is 6.79. The van der Waals surface area contributed by atoms with E-state index in [1.54, 1.807) is 7.05 Å². The Hall–Kier alpha value is -2.47. The molecule has 5 nitrogen and oxygen atoms in total. The summed E-state index contributed by atoms with van der Waals surface area (Å²) in [5.74, 6) is -0.258. The maximum Gasteiger partial charge on any atom is 0.281 e. The molecule has 0 bridgehead atoms. The summed E-state index contributed by atoms with van der Waals surface area (Å²) in [6, 6.07) is 13.8. The fourth-order valence-corrected chi connectivity index (χ4v) is 2.43. The molecule has 0 unspecified atom stereocenters. The third-order valence-electron chi connectivity index (χ3n) is 3.14. The number of carbonyl (C=O) groups is 1. The molecule has 6 heteroatoms. The molecular weight excluding hydrogens is 272 g/mol. The number of nitrogens with two attached hydrogens (primary N) is 1. The van der Waals surface area contributed by atoms with Gasteiger partial charge >= 0.3 is 0 Å². The van der Waals surface area contributed by atoms with Crippen LogP contribution in [0, 0.1) is 0 Å². The van der Waals surface area contributed by atoms with E-state index in [4.69, 9.17) is 5.73 Å². The summed E-state index contributed by atoms with van der Waals surface area (Å²) >= 11 is 1.02. The van der Waals surface area contributed by atoms with Gasteiger partial charge in [0.2, 0.25) is 0 Å². The Morgan fingerprint density at radius 3 is 2.65 bits per heavy atom. The molecule has 0 saturated heterocycles. The van der Waals surface area contributed by atoms with Crippen molar-refractivity contribution in [2.75, 3.05) is 17.7 Å². The van der Waals surface area contributed by atoms with Crippen molar-refractivity contribution in [2.24, 2.45) is 0 Å². The maximum atomic E-state index is 12.3. The molecule has 1 aromatic heterocycles. The Balaban J connectivity index is 1.98. The molecule has 0 radical (unpaired) electrons. The quantitative estimate of drug-likeness (QED) is 0.785. The Morgan fingerprint density at radius 1 is 1.20 bits per heavy atom. The average Bonchev–Trinajstić information content (AvgIpc) is 2.91. The monoisotopic (exact) mass is 284 g/mol. The van der Waals surface area contributed by atoms with E-state index >= 15 is 0 Å². The number of nitrogen functional groups attached to an aromatic ring is 1. The molecule has 3 rings (SSSR count). The van der Waals surface area contributed by atoms with Crippen molar-refractivity contribution >= 4 is 38.9 Å². The lowest BCUT2D eigenvalue weighted by molar-refractivity contribution is 0.0989. The lowest BCUT2D eigenvalue weighted by Crippen LogP contribution is -2.27. The van der Waals surface area contributed by atoms with E-state index in [1.807, 2.05) is 42.5 Å². The van der Waals surface area contributed by atoms with E-state index in [9.17, 15) is 4.79 Å². The molecule has 100 valence electrons. The number of hydrogen-bond acceptors (Lipinski definition) is 5. The highest BCUT2D eigenvalue weighted by atomic mass is 32.1. The predicted molar refractivity (Wildman–Crippen MR) is 81.0 cm³/mol. The van der Waals surface area contributed by atoms with Crippen molar-refractivity contribution in [1.82, 2.24) is 9.59 Å². The van der Waals surface area contributed by atoms with E-state index in [-0.39, 0.29) is 11.6 Å². The van der Waals surface area contributed by atoms with Crippen LogP contribution in [0.4, 0.5) is 10.7 Å². The largest absolute Gasteiger partial charge is 0.387 e. The van der Waals surface area contributed by atoms with Gasteiger partial charge in [0.15, 0.2) is 5.69 Å². The molecular formula is C14H12N4OS. The van der Waals surface area contributed by atoms with Crippen LogP contribution in [-0.2, 0) is 0 Å². The predicted octanol–water partition coefficient (Wildman–Crippen LogP) is 2.55. The first-order valence-electron chi connectivity index (χ1n) is 6.01. The molecule has 3 aromatic rings. The third kappa shape index (κ3) is 2.10. The van der Waals surface area contributed by atoms with Crippen molar-refractivity contribution in [3.05, 3.63) is 48.2 Å². The summed E-state index contributed by atoms with van der Waals surface area (Å²) in [6.07, 6.45) is 0. The second-order valence-electron chi connectivity index (χ2n) is 4.38. The van der Waals surface area contributed by atoms with E-state index in [2.05, 4.69) is 9.59 Å². The molecule has 2 aromatic carbocycles.